The maximum absolute atomic E-state index is 6.93. The molecule has 0 aliphatic carbocycles. The third kappa shape index (κ3) is 78.4. The van der Waals surface area contributed by atoms with Crippen molar-refractivity contribution < 1.29 is 116 Å². The van der Waals surface area contributed by atoms with Gasteiger partial charge in [-0.15, -0.1) is 0 Å². The smallest absolute Gasteiger partial charge is 0 e. The molecule has 0 unspecified atom stereocenters. The minimum atomic E-state index is 0. The summed E-state index contributed by atoms with van der Waals surface area (Å²) in [7, 11) is 0. The van der Waals surface area contributed by atoms with Gasteiger partial charge >= 0.3 is 22.6 Å². The molecule has 0 aliphatic heterocycles. The van der Waals surface area contributed by atoms with E-state index in [1.54, 1.807) is 0 Å². The maximum atomic E-state index is 6.93. The standard InChI is InChI=1S/Al.Co.Fe.Ni.2H2O.Ru.V.Zn.3H/h;;;;2*1H2;;;;;;/q;;;;;;+1;;;;;/p-1. The van der Waals surface area contributed by atoms with E-state index in [4.69, 9.17) is 3.93 Å². The van der Waals surface area contributed by atoms with Gasteiger partial charge in [-0.2, -0.15) is 0 Å². The van der Waals surface area contributed by atoms with Crippen LogP contribution in [0.1, 0.15) is 0 Å². The Morgan fingerprint density at radius 2 is 1.11 bits per heavy atom. The summed E-state index contributed by atoms with van der Waals surface area (Å²) < 4.78 is 6.93. The van der Waals surface area contributed by atoms with Crippen LogP contribution in [0.15, 0.2) is 0 Å². The Morgan fingerprint density at radius 3 is 1.11 bits per heavy atom. The summed E-state index contributed by atoms with van der Waals surface area (Å²) in [6.45, 7) is 0. The SMILES string of the molecule is O.[AlH3].[Co].[Fe].[Ni].[OH][Ru].[V].[Zn]. The van der Waals surface area contributed by atoms with Gasteiger partial charge in [-0.25, -0.2) is 0 Å². The van der Waals surface area contributed by atoms with Crippen molar-refractivity contribution in [2.75, 3.05) is 0 Å². The molecular formula is H6AlCoFeNiO2RuVZn. The predicted molar refractivity (Wildman–Crippen MR) is 15.8 cm³/mol. The van der Waals surface area contributed by atoms with Crippen molar-refractivity contribution in [3.63, 3.8) is 0 Å². The number of hydrogen-bond acceptors (Lipinski definition) is 1. The fourth-order valence-electron chi connectivity index (χ4n) is 0. The zero-order valence-electron chi connectivity index (χ0n) is 3.46. The van der Waals surface area contributed by atoms with Crippen LogP contribution >= 0.6 is 0 Å². The van der Waals surface area contributed by atoms with Crippen LogP contribution in [0.2, 0.25) is 0 Å². The zero-order chi connectivity index (χ0) is 2.00. The molecule has 2 radical (unpaired) electrons. The van der Waals surface area contributed by atoms with E-state index in [1.165, 1.54) is 18.7 Å². The Kier molecular flexibility index (Phi) is 818. The summed E-state index contributed by atoms with van der Waals surface area (Å²) in [6.07, 6.45) is 0. The molecule has 0 spiro atoms. The van der Waals surface area contributed by atoms with E-state index in [2.05, 4.69) is 0 Å². The minimum Gasteiger partial charge on any atom is 0 e. The van der Waals surface area contributed by atoms with Gasteiger partial charge in [0.1, 0.15) is 0 Å². The summed E-state index contributed by atoms with van der Waals surface area (Å²) >= 11 is 1.35. The van der Waals surface area contributed by atoms with Gasteiger partial charge in [0.2, 0.25) is 0 Å². The maximum Gasteiger partial charge on any atom is 0 e. The largest absolute Gasteiger partial charge is 0 e. The van der Waals surface area contributed by atoms with Gasteiger partial charge in [0, 0.05) is 88.4 Å². The van der Waals surface area contributed by atoms with E-state index in [9.17, 15) is 0 Å². The molecule has 0 amide bonds. The molecule has 0 saturated carbocycles. The van der Waals surface area contributed by atoms with Crippen molar-refractivity contribution in [1.82, 2.24) is 0 Å². The fraction of sp³-hybridized carbons (Fsp3) is 0. The molecule has 63 valence electrons. The van der Waals surface area contributed by atoms with Crippen LogP contribution in [0.25, 0.3) is 0 Å². The molecule has 0 aromatic carbocycles. The first-order valence-corrected chi connectivity index (χ1v) is 0.935. The van der Waals surface area contributed by atoms with Gasteiger partial charge in [-0.3, -0.25) is 0 Å². The Balaban J connectivity index is -0.000000000238. The molecule has 0 rings (SSSR count). The molecule has 0 aliphatic rings. The molecule has 0 aromatic heterocycles. The Morgan fingerprint density at radius 1 is 1.11 bits per heavy atom. The molecule has 0 saturated heterocycles. The summed E-state index contributed by atoms with van der Waals surface area (Å²) in [5.74, 6) is 0. The van der Waals surface area contributed by atoms with Crippen LogP contribution in [0, 0.1) is 0 Å². The van der Waals surface area contributed by atoms with Crippen molar-refractivity contribution in [2.24, 2.45) is 0 Å². The molecule has 0 aromatic rings. The first kappa shape index (κ1) is 77.3. The molecule has 0 atom stereocenters. The first-order chi connectivity index (χ1) is 1.00. The van der Waals surface area contributed by atoms with Crippen molar-refractivity contribution in [3.05, 3.63) is 0 Å². The topological polar surface area (TPSA) is 51.7 Å². The van der Waals surface area contributed by atoms with Crippen LogP contribution in [-0.2, 0) is 107 Å². The van der Waals surface area contributed by atoms with E-state index < -0.39 is 0 Å². The van der Waals surface area contributed by atoms with Gasteiger partial charge in [0.25, 0.3) is 0 Å². The van der Waals surface area contributed by atoms with Gasteiger partial charge in [-0.1, -0.05) is 0 Å². The Labute approximate surface area is 132 Å². The van der Waals surface area contributed by atoms with Crippen molar-refractivity contribution in [2.45, 2.75) is 0 Å². The van der Waals surface area contributed by atoms with E-state index in [0.717, 1.165) is 0 Å². The number of rotatable bonds is 0. The van der Waals surface area contributed by atoms with E-state index >= 15 is 0 Å². The average molecular weight is 456 g/mol. The van der Waals surface area contributed by atoms with Gasteiger partial charge < -0.3 is 5.48 Å². The monoisotopic (exact) mass is 455 g/mol. The van der Waals surface area contributed by atoms with Crippen LogP contribution in [-0.4, -0.2) is 26.8 Å². The molecule has 9 heteroatoms. The second-order valence-electron chi connectivity index (χ2n) is 0. The summed E-state index contributed by atoms with van der Waals surface area (Å²) in [4.78, 5) is 0. The third-order valence-corrected chi connectivity index (χ3v) is 0. The molecule has 9 heavy (non-hydrogen) atoms. The summed E-state index contributed by atoms with van der Waals surface area (Å²) in [5.41, 5.74) is 0. The molecular weight excluding hydrogens is 450 g/mol. The quantitative estimate of drug-likeness (QED) is 0.401. The van der Waals surface area contributed by atoms with Gasteiger partial charge in [0.15, 0.2) is 17.4 Å². The second kappa shape index (κ2) is 95.2. The zero-order valence-corrected chi connectivity index (χ0v) is 12.7. The summed E-state index contributed by atoms with van der Waals surface area (Å²) in [5, 5.41) is 0. The van der Waals surface area contributed by atoms with Gasteiger partial charge in [0.05, 0.1) is 0 Å². The summed E-state index contributed by atoms with van der Waals surface area (Å²) in [6, 6.07) is 0. The van der Waals surface area contributed by atoms with Crippen molar-refractivity contribution in [1.29, 1.82) is 0 Å². The molecule has 3 N–H and O–H groups in total. The van der Waals surface area contributed by atoms with Crippen molar-refractivity contribution in [3.8, 4) is 0 Å². The Bertz CT molecular complexity index is 26.5. The van der Waals surface area contributed by atoms with Crippen LogP contribution in [0.4, 0.5) is 0 Å². The van der Waals surface area contributed by atoms with Crippen LogP contribution < -0.4 is 0 Å². The third-order valence-electron chi connectivity index (χ3n) is 0. The van der Waals surface area contributed by atoms with Gasteiger partial charge in [-0.05, 0) is 0 Å². The molecule has 2 nitrogen and oxygen atoms in total. The normalized spacial score (nSPS) is 0.667. The van der Waals surface area contributed by atoms with Crippen LogP contribution in [0.3, 0.4) is 0 Å². The van der Waals surface area contributed by atoms with Crippen molar-refractivity contribution >= 4 is 17.4 Å². The predicted octanol–water partition coefficient (Wildman–Crippen LogP) is -2.58. The average Bonchev–Trinajstić information content (AvgIpc) is 1.00. The molecule has 0 bridgehead atoms. The van der Waals surface area contributed by atoms with E-state index in [1.807, 2.05) is 0 Å². The molecule has 0 fully saturated rings. The van der Waals surface area contributed by atoms with E-state index in [0.29, 0.717) is 0 Å². The molecule has 0 heterocycles. The van der Waals surface area contributed by atoms with Crippen LogP contribution in [0.5, 0.6) is 0 Å². The minimum absolute atomic E-state index is 0. The first-order valence-electron chi connectivity index (χ1n) is 0.158. The fourth-order valence-corrected chi connectivity index (χ4v) is 0. The second-order valence-corrected chi connectivity index (χ2v) is 0. The van der Waals surface area contributed by atoms with E-state index in [-0.39, 0.29) is 111 Å². The number of hydrogen-bond donors (Lipinski definition) is 1. The Hall–Kier alpha value is 3.80.